The Kier molecular flexibility index (Phi) is 4.57. The predicted molar refractivity (Wildman–Crippen MR) is 92.2 cm³/mol. The van der Waals surface area contributed by atoms with Crippen LogP contribution in [-0.2, 0) is 12.7 Å². The molecule has 0 aromatic carbocycles. The van der Waals surface area contributed by atoms with Crippen molar-refractivity contribution < 1.29 is 17.7 Å². The molecule has 4 rings (SSSR count). The number of halogens is 3. The zero-order chi connectivity index (χ0) is 19.2. The van der Waals surface area contributed by atoms with Crippen molar-refractivity contribution in [3.8, 4) is 0 Å². The monoisotopic (exact) mass is 381 g/mol. The summed E-state index contributed by atoms with van der Waals surface area (Å²) in [5, 5.41) is 3.99. The first kappa shape index (κ1) is 18.2. The van der Waals surface area contributed by atoms with Crippen molar-refractivity contribution >= 4 is 5.95 Å². The summed E-state index contributed by atoms with van der Waals surface area (Å²) < 4.78 is 44.4. The Morgan fingerprint density at radius 2 is 2.00 bits per heavy atom. The number of aryl methyl sites for hydroxylation is 2. The zero-order valence-electron chi connectivity index (χ0n) is 15.3. The lowest BCUT2D eigenvalue weighted by atomic mass is 10.2. The molecule has 6 nitrogen and oxygen atoms in total. The summed E-state index contributed by atoms with van der Waals surface area (Å²) in [6.45, 7) is 6.19. The van der Waals surface area contributed by atoms with Crippen molar-refractivity contribution in [3.05, 3.63) is 35.0 Å². The Morgan fingerprint density at radius 1 is 1.22 bits per heavy atom. The van der Waals surface area contributed by atoms with Gasteiger partial charge in [0.25, 0.3) is 0 Å². The Balaban J connectivity index is 1.51. The quantitative estimate of drug-likeness (QED) is 0.792. The zero-order valence-corrected chi connectivity index (χ0v) is 15.3. The van der Waals surface area contributed by atoms with E-state index in [1.807, 2.05) is 18.7 Å². The van der Waals surface area contributed by atoms with Crippen molar-refractivity contribution in [1.29, 1.82) is 0 Å². The Bertz CT molecular complexity index is 798. The van der Waals surface area contributed by atoms with Crippen LogP contribution in [0.4, 0.5) is 19.1 Å². The van der Waals surface area contributed by atoms with Gasteiger partial charge in [-0.3, -0.25) is 4.90 Å². The summed E-state index contributed by atoms with van der Waals surface area (Å²) in [5.41, 5.74) is 1.09. The van der Waals surface area contributed by atoms with E-state index in [4.69, 9.17) is 4.52 Å². The molecule has 2 aromatic heterocycles. The van der Waals surface area contributed by atoms with Crippen LogP contribution in [-0.4, -0.2) is 45.2 Å². The SMILES string of the molecule is Cc1noc(C)c1CN1CCC(N(c2nccc(C(F)(F)F)n2)C2CC2)C1. The number of likely N-dealkylation sites (tertiary alicyclic amines) is 1. The molecule has 0 N–H and O–H groups in total. The average molecular weight is 381 g/mol. The van der Waals surface area contributed by atoms with E-state index in [2.05, 4.69) is 20.0 Å². The molecular formula is C18H22F3N5O. The number of alkyl halides is 3. The van der Waals surface area contributed by atoms with Crippen molar-refractivity contribution in [1.82, 2.24) is 20.0 Å². The van der Waals surface area contributed by atoms with Crippen LogP contribution in [0.3, 0.4) is 0 Å². The number of rotatable bonds is 5. The number of aromatic nitrogens is 3. The predicted octanol–water partition coefficient (Wildman–Crippen LogP) is 3.34. The van der Waals surface area contributed by atoms with Crippen LogP contribution in [0.15, 0.2) is 16.8 Å². The molecule has 9 heteroatoms. The molecule has 1 atom stereocenters. The van der Waals surface area contributed by atoms with Crippen molar-refractivity contribution in [2.75, 3.05) is 18.0 Å². The fourth-order valence-corrected chi connectivity index (χ4v) is 3.74. The molecule has 1 aliphatic carbocycles. The van der Waals surface area contributed by atoms with E-state index >= 15 is 0 Å². The van der Waals surface area contributed by atoms with Gasteiger partial charge in [-0.05, 0) is 39.2 Å². The minimum absolute atomic E-state index is 0.112. The third-order valence-corrected chi connectivity index (χ3v) is 5.31. The van der Waals surface area contributed by atoms with E-state index in [9.17, 15) is 13.2 Å². The summed E-state index contributed by atoms with van der Waals surface area (Å²) in [5.74, 6) is 1.01. The van der Waals surface area contributed by atoms with Crippen LogP contribution in [0.25, 0.3) is 0 Å². The fraction of sp³-hybridized carbons (Fsp3) is 0.611. The molecule has 2 aliphatic rings. The minimum atomic E-state index is -4.46. The Hall–Kier alpha value is -2.16. The second kappa shape index (κ2) is 6.78. The maximum Gasteiger partial charge on any atom is 0.433 e. The van der Waals surface area contributed by atoms with Crippen LogP contribution in [0.2, 0.25) is 0 Å². The molecule has 0 spiro atoms. The molecule has 0 bridgehead atoms. The molecule has 2 fully saturated rings. The lowest BCUT2D eigenvalue weighted by Crippen LogP contribution is -2.40. The Morgan fingerprint density at radius 3 is 2.63 bits per heavy atom. The van der Waals surface area contributed by atoms with Gasteiger partial charge in [0.2, 0.25) is 5.95 Å². The molecule has 1 unspecified atom stereocenters. The first-order valence-electron chi connectivity index (χ1n) is 9.15. The number of hydrogen-bond acceptors (Lipinski definition) is 6. The first-order chi connectivity index (χ1) is 12.8. The fourth-order valence-electron chi connectivity index (χ4n) is 3.74. The normalized spacial score (nSPS) is 21.0. The topological polar surface area (TPSA) is 58.3 Å². The van der Waals surface area contributed by atoms with Gasteiger partial charge >= 0.3 is 6.18 Å². The molecule has 1 aliphatic heterocycles. The first-order valence-corrected chi connectivity index (χ1v) is 9.15. The highest BCUT2D eigenvalue weighted by molar-refractivity contribution is 5.37. The third-order valence-electron chi connectivity index (χ3n) is 5.31. The molecule has 2 aromatic rings. The van der Waals surface area contributed by atoms with E-state index < -0.39 is 11.9 Å². The smallest absolute Gasteiger partial charge is 0.361 e. The third kappa shape index (κ3) is 3.78. The molecule has 27 heavy (non-hydrogen) atoms. The lowest BCUT2D eigenvalue weighted by molar-refractivity contribution is -0.141. The summed E-state index contributed by atoms with van der Waals surface area (Å²) in [7, 11) is 0. The molecule has 1 saturated carbocycles. The van der Waals surface area contributed by atoms with Crippen LogP contribution >= 0.6 is 0 Å². The molecule has 1 saturated heterocycles. The highest BCUT2D eigenvalue weighted by Crippen LogP contribution is 2.36. The highest BCUT2D eigenvalue weighted by atomic mass is 19.4. The van der Waals surface area contributed by atoms with Crippen molar-refractivity contribution in [2.45, 2.75) is 57.9 Å². The summed E-state index contributed by atoms with van der Waals surface area (Å²) in [6, 6.07) is 1.27. The van der Waals surface area contributed by atoms with E-state index in [1.165, 1.54) is 6.20 Å². The van der Waals surface area contributed by atoms with Gasteiger partial charge in [0.05, 0.1) is 5.69 Å². The van der Waals surface area contributed by atoms with Crippen LogP contribution in [0.1, 0.15) is 42.0 Å². The number of nitrogens with zero attached hydrogens (tertiary/aromatic N) is 5. The van der Waals surface area contributed by atoms with Gasteiger partial charge in [-0.15, -0.1) is 0 Å². The number of hydrogen-bond donors (Lipinski definition) is 0. The average Bonchev–Trinajstić information content (AvgIpc) is 3.26. The van der Waals surface area contributed by atoms with Crippen molar-refractivity contribution in [2.24, 2.45) is 0 Å². The molecular weight excluding hydrogens is 359 g/mol. The van der Waals surface area contributed by atoms with Crippen LogP contribution in [0, 0.1) is 13.8 Å². The maximum absolute atomic E-state index is 13.0. The van der Waals surface area contributed by atoms with Crippen molar-refractivity contribution in [3.63, 3.8) is 0 Å². The largest absolute Gasteiger partial charge is 0.433 e. The van der Waals surface area contributed by atoms with Gasteiger partial charge < -0.3 is 9.42 Å². The van der Waals surface area contributed by atoms with Gasteiger partial charge in [0, 0.05) is 43.5 Å². The standard InChI is InChI=1S/C18H22F3N5O/c1-11-15(12(2)27-24-11)10-25-8-6-14(9-25)26(13-3-4-13)17-22-7-5-16(23-17)18(19,20)21/h5,7,13-14H,3-4,6,8-10H2,1-2H3. The highest BCUT2D eigenvalue weighted by Gasteiger charge is 2.40. The second-order valence-corrected chi connectivity index (χ2v) is 7.36. The number of anilines is 1. The van der Waals surface area contributed by atoms with Gasteiger partial charge in [-0.25, -0.2) is 9.97 Å². The molecule has 0 amide bonds. The van der Waals surface area contributed by atoms with E-state index in [-0.39, 0.29) is 18.0 Å². The maximum atomic E-state index is 13.0. The van der Waals surface area contributed by atoms with Gasteiger partial charge in [-0.2, -0.15) is 13.2 Å². The van der Waals surface area contributed by atoms with Gasteiger partial charge in [-0.1, -0.05) is 5.16 Å². The van der Waals surface area contributed by atoms with Crippen LogP contribution < -0.4 is 4.90 Å². The lowest BCUT2D eigenvalue weighted by Gasteiger charge is -2.29. The van der Waals surface area contributed by atoms with E-state index in [1.54, 1.807) is 0 Å². The van der Waals surface area contributed by atoms with Crippen LogP contribution in [0.5, 0.6) is 0 Å². The second-order valence-electron chi connectivity index (χ2n) is 7.36. The summed E-state index contributed by atoms with van der Waals surface area (Å²) >= 11 is 0. The minimum Gasteiger partial charge on any atom is -0.361 e. The molecule has 3 heterocycles. The van der Waals surface area contributed by atoms with E-state index in [0.29, 0.717) is 0 Å². The molecule has 146 valence electrons. The van der Waals surface area contributed by atoms with Gasteiger partial charge in [0.15, 0.2) is 0 Å². The Labute approximate surface area is 155 Å². The molecule has 0 radical (unpaired) electrons. The summed E-state index contributed by atoms with van der Waals surface area (Å²) in [4.78, 5) is 12.3. The van der Waals surface area contributed by atoms with E-state index in [0.717, 1.165) is 62.0 Å². The summed E-state index contributed by atoms with van der Waals surface area (Å²) in [6.07, 6.45) is -0.436. The van der Waals surface area contributed by atoms with Gasteiger partial charge in [0.1, 0.15) is 11.5 Å².